The van der Waals surface area contributed by atoms with Crippen LogP contribution in [0.5, 0.6) is 0 Å². The van der Waals surface area contributed by atoms with Crippen molar-refractivity contribution >= 4 is 24.2 Å². The molecule has 2 unspecified atom stereocenters. The second-order valence-corrected chi connectivity index (χ2v) is 5.38. The highest BCUT2D eigenvalue weighted by Crippen LogP contribution is 2.41. The highest BCUT2D eigenvalue weighted by molar-refractivity contribution is 5.85. The van der Waals surface area contributed by atoms with Crippen LogP contribution in [0.4, 0.5) is 0 Å². The van der Waals surface area contributed by atoms with Gasteiger partial charge >= 0.3 is 0 Å². The Kier molecular flexibility index (Phi) is 5.41. The summed E-state index contributed by atoms with van der Waals surface area (Å²) < 4.78 is 0. The third-order valence-corrected chi connectivity index (χ3v) is 4.22. The molecule has 5 N–H and O–H groups in total. The number of hydrogen-bond acceptors (Lipinski definition) is 3. The van der Waals surface area contributed by atoms with E-state index in [4.69, 9.17) is 11.5 Å². The standard InChI is InChI=1S/C12H21N3O2.ClH/c13-10(16)6-15-12(17)9-4-7-2-1-3-8(5-9)11(7)14;/h7-9,11H,1-6,14H2,(H2,13,16)(H,15,17);1H. The van der Waals surface area contributed by atoms with E-state index in [0.717, 1.165) is 25.7 Å². The normalized spacial score (nSPS) is 34.3. The molecule has 0 radical (unpaired) electrons. The van der Waals surface area contributed by atoms with E-state index in [-0.39, 0.29) is 36.8 Å². The number of carbonyl (C=O) groups excluding carboxylic acids is 2. The van der Waals surface area contributed by atoms with Crippen LogP contribution >= 0.6 is 12.4 Å². The summed E-state index contributed by atoms with van der Waals surface area (Å²) in [6.45, 7) is -0.0588. The van der Waals surface area contributed by atoms with Gasteiger partial charge in [-0.3, -0.25) is 9.59 Å². The minimum absolute atomic E-state index is 0. The van der Waals surface area contributed by atoms with Crippen molar-refractivity contribution in [1.82, 2.24) is 5.32 Å². The van der Waals surface area contributed by atoms with Crippen LogP contribution in [0.2, 0.25) is 0 Å². The van der Waals surface area contributed by atoms with Gasteiger partial charge < -0.3 is 16.8 Å². The highest BCUT2D eigenvalue weighted by atomic mass is 35.5. The first-order chi connectivity index (χ1) is 8.08. The number of hydrogen-bond donors (Lipinski definition) is 3. The lowest BCUT2D eigenvalue weighted by atomic mass is 9.65. The van der Waals surface area contributed by atoms with Crippen LogP contribution in [0.25, 0.3) is 0 Å². The Morgan fingerprint density at radius 2 is 1.72 bits per heavy atom. The van der Waals surface area contributed by atoms with Crippen LogP contribution in [0.3, 0.4) is 0 Å². The van der Waals surface area contributed by atoms with Gasteiger partial charge in [-0.15, -0.1) is 12.4 Å². The average Bonchev–Trinajstić information content (AvgIpc) is 2.25. The fourth-order valence-corrected chi connectivity index (χ4v) is 3.32. The predicted octanol–water partition coefficient (Wildman–Crippen LogP) is 0.163. The lowest BCUT2D eigenvalue weighted by Crippen LogP contribution is -2.49. The topological polar surface area (TPSA) is 98.2 Å². The minimum Gasteiger partial charge on any atom is -0.368 e. The molecule has 5 nitrogen and oxygen atoms in total. The molecule has 2 amide bonds. The third-order valence-electron chi connectivity index (χ3n) is 4.22. The van der Waals surface area contributed by atoms with E-state index in [1.54, 1.807) is 0 Å². The molecule has 2 rings (SSSR count). The molecule has 6 heteroatoms. The van der Waals surface area contributed by atoms with Gasteiger partial charge in [0.05, 0.1) is 6.54 Å². The molecule has 2 saturated carbocycles. The first kappa shape index (κ1) is 15.2. The van der Waals surface area contributed by atoms with Crippen molar-refractivity contribution in [2.24, 2.45) is 29.2 Å². The second kappa shape index (κ2) is 6.38. The summed E-state index contributed by atoms with van der Waals surface area (Å²) in [4.78, 5) is 22.5. The SMILES string of the molecule is Cl.NC(=O)CNC(=O)C1CC2CCCC(C1)C2N. The molecule has 18 heavy (non-hydrogen) atoms. The van der Waals surface area contributed by atoms with Crippen LogP contribution in [0.15, 0.2) is 0 Å². The molecule has 0 aromatic carbocycles. The maximum absolute atomic E-state index is 11.9. The van der Waals surface area contributed by atoms with Gasteiger partial charge in [-0.05, 0) is 37.5 Å². The fourth-order valence-electron chi connectivity index (χ4n) is 3.32. The van der Waals surface area contributed by atoms with Crippen molar-refractivity contribution < 1.29 is 9.59 Å². The summed E-state index contributed by atoms with van der Waals surface area (Å²) in [6.07, 6.45) is 5.23. The van der Waals surface area contributed by atoms with E-state index < -0.39 is 5.91 Å². The van der Waals surface area contributed by atoms with Crippen molar-refractivity contribution in [1.29, 1.82) is 0 Å². The number of amides is 2. The Morgan fingerprint density at radius 3 is 2.22 bits per heavy atom. The number of rotatable bonds is 3. The molecular weight excluding hydrogens is 254 g/mol. The van der Waals surface area contributed by atoms with Gasteiger partial charge in [0.2, 0.25) is 11.8 Å². The lowest BCUT2D eigenvalue weighted by molar-refractivity contribution is -0.130. The fraction of sp³-hybridized carbons (Fsp3) is 0.833. The van der Waals surface area contributed by atoms with Gasteiger partial charge in [0, 0.05) is 12.0 Å². The molecule has 0 aliphatic heterocycles. The highest BCUT2D eigenvalue weighted by Gasteiger charge is 2.40. The Morgan fingerprint density at radius 1 is 1.17 bits per heavy atom. The van der Waals surface area contributed by atoms with E-state index in [9.17, 15) is 9.59 Å². The largest absolute Gasteiger partial charge is 0.368 e. The van der Waals surface area contributed by atoms with E-state index in [2.05, 4.69) is 5.32 Å². The second-order valence-electron chi connectivity index (χ2n) is 5.38. The third kappa shape index (κ3) is 3.36. The summed E-state index contributed by atoms with van der Waals surface area (Å²) in [5, 5.41) is 2.60. The Balaban J connectivity index is 0.00000162. The predicted molar refractivity (Wildman–Crippen MR) is 71.0 cm³/mol. The molecule has 2 aliphatic rings. The van der Waals surface area contributed by atoms with E-state index in [0.29, 0.717) is 11.8 Å². The number of fused-ring (bicyclic) bond motifs is 2. The van der Waals surface area contributed by atoms with Crippen LogP contribution in [-0.4, -0.2) is 24.4 Å². The van der Waals surface area contributed by atoms with Crippen molar-refractivity contribution in [3.8, 4) is 0 Å². The van der Waals surface area contributed by atoms with Gasteiger partial charge in [0.15, 0.2) is 0 Å². The van der Waals surface area contributed by atoms with Crippen molar-refractivity contribution in [2.75, 3.05) is 6.54 Å². The van der Waals surface area contributed by atoms with Gasteiger partial charge in [0.25, 0.3) is 0 Å². The Bertz CT molecular complexity index is 310. The first-order valence-corrected chi connectivity index (χ1v) is 6.39. The molecule has 0 aromatic heterocycles. The van der Waals surface area contributed by atoms with Crippen molar-refractivity contribution in [3.05, 3.63) is 0 Å². The number of nitrogens with one attached hydrogen (secondary N) is 1. The first-order valence-electron chi connectivity index (χ1n) is 6.39. The summed E-state index contributed by atoms with van der Waals surface area (Å²) in [5.41, 5.74) is 11.2. The molecule has 104 valence electrons. The van der Waals surface area contributed by atoms with Crippen molar-refractivity contribution in [2.45, 2.75) is 38.1 Å². The molecule has 2 bridgehead atoms. The molecule has 0 saturated heterocycles. The van der Waals surface area contributed by atoms with Crippen LogP contribution < -0.4 is 16.8 Å². The number of halogens is 1. The maximum atomic E-state index is 11.9. The Hall–Kier alpha value is -0.810. The number of primary amides is 1. The Labute approximate surface area is 113 Å². The molecule has 0 heterocycles. The van der Waals surface area contributed by atoms with E-state index in [1.165, 1.54) is 6.42 Å². The summed E-state index contributed by atoms with van der Waals surface area (Å²) in [5.74, 6) is 0.446. The van der Waals surface area contributed by atoms with Crippen LogP contribution in [0.1, 0.15) is 32.1 Å². The molecule has 0 aromatic rings. The molecular formula is C12H22ClN3O2. The van der Waals surface area contributed by atoms with Crippen LogP contribution in [-0.2, 0) is 9.59 Å². The molecule has 2 aliphatic carbocycles. The lowest BCUT2D eigenvalue weighted by Gasteiger charge is -2.43. The van der Waals surface area contributed by atoms with Crippen LogP contribution in [0, 0.1) is 17.8 Å². The minimum atomic E-state index is -0.494. The molecule has 2 atom stereocenters. The zero-order chi connectivity index (χ0) is 12.4. The summed E-state index contributed by atoms with van der Waals surface area (Å²) >= 11 is 0. The van der Waals surface area contributed by atoms with E-state index >= 15 is 0 Å². The quantitative estimate of drug-likeness (QED) is 0.684. The maximum Gasteiger partial charge on any atom is 0.236 e. The van der Waals surface area contributed by atoms with Crippen molar-refractivity contribution in [3.63, 3.8) is 0 Å². The average molecular weight is 276 g/mol. The van der Waals surface area contributed by atoms with Gasteiger partial charge in [-0.25, -0.2) is 0 Å². The number of carbonyl (C=O) groups is 2. The van der Waals surface area contributed by atoms with E-state index in [1.807, 2.05) is 0 Å². The smallest absolute Gasteiger partial charge is 0.236 e. The number of nitrogens with two attached hydrogens (primary N) is 2. The molecule has 0 spiro atoms. The molecule has 2 fully saturated rings. The zero-order valence-corrected chi connectivity index (χ0v) is 11.2. The van der Waals surface area contributed by atoms with Gasteiger partial charge in [0.1, 0.15) is 0 Å². The monoisotopic (exact) mass is 275 g/mol. The van der Waals surface area contributed by atoms with Gasteiger partial charge in [-0.2, -0.15) is 0 Å². The zero-order valence-electron chi connectivity index (χ0n) is 10.4. The summed E-state index contributed by atoms with van der Waals surface area (Å²) in [6, 6.07) is 0.268. The van der Waals surface area contributed by atoms with Gasteiger partial charge in [-0.1, -0.05) is 6.42 Å². The summed E-state index contributed by atoms with van der Waals surface area (Å²) in [7, 11) is 0.